The van der Waals surface area contributed by atoms with E-state index >= 15 is 0 Å². The molecule has 3 rings (SSSR count). The predicted molar refractivity (Wildman–Crippen MR) is 99.3 cm³/mol. The predicted octanol–water partition coefficient (Wildman–Crippen LogP) is 1.70. The van der Waals surface area contributed by atoms with Crippen molar-refractivity contribution in [3.05, 3.63) is 35.5 Å². The van der Waals surface area contributed by atoms with Gasteiger partial charge in [0.05, 0.1) is 11.7 Å². The Morgan fingerprint density at radius 1 is 1.12 bits per heavy atom. The number of hydrogen-bond donors (Lipinski definition) is 2. The zero-order valence-corrected chi connectivity index (χ0v) is 15.1. The molecule has 0 bridgehead atoms. The molecule has 0 aliphatic rings. The third kappa shape index (κ3) is 4.18. The molecule has 25 heavy (non-hydrogen) atoms. The molecular formula is C16H19N7OS. The van der Waals surface area contributed by atoms with Crippen molar-refractivity contribution in [1.29, 1.82) is 0 Å². The molecule has 9 heteroatoms. The Morgan fingerprint density at radius 3 is 2.72 bits per heavy atom. The zero-order chi connectivity index (χ0) is 17.8. The van der Waals surface area contributed by atoms with Crippen LogP contribution in [0.3, 0.4) is 0 Å². The molecule has 0 fully saturated rings. The van der Waals surface area contributed by atoms with Gasteiger partial charge in [-0.1, -0.05) is 0 Å². The van der Waals surface area contributed by atoms with Crippen LogP contribution < -0.4 is 15.5 Å². The molecule has 2 aromatic heterocycles. The zero-order valence-electron chi connectivity index (χ0n) is 14.3. The summed E-state index contributed by atoms with van der Waals surface area (Å²) in [5.41, 5.74) is 2.99. The van der Waals surface area contributed by atoms with E-state index in [1.165, 1.54) is 0 Å². The number of fused-ring (bicyclic) bond motifs is 1. The molecule has 1 amide bonds. The van der Waals surface area contributed by atoms with E-state index in [9.17, 15) is 4.79 Å². The van der Waals surface area contributed by atoms with Crippen molar-refractivity contribution in [2.45, 2.75) is 6.92 Å². The summed E-state index contributed by atoms with van der Waals surface area (Å²) in [5.74, 6) is 1.24. The lowest BCUT2D eigenvalue weighted by Crippen LogP contribution is -2.29. The number of aromatic nitrogens is 4. The van der Waals surface area contributed by atoms with Gasteiger partial charge in [0.2, 0.25) is 5.95 Å². The Kier molecular flexibility index (Phi) is 5.03. The van der Waals surface area contributed by atoms with E-state index < -0.39 is 0 Å². The van der Waals surface area contributed by atoms with E-state index in [4.69, 9.17) is 0 Å². The lowest BCUT2D eigenvalue weighted by atomic mass is 10.2. The van der Waals surface area contributed by atoms with Crippen molar-refractivity contribution in [3.8, 4) is 0 Å². The summed E-state index contributed by atoms with van der Waals surface area (Å²) in [6.45, 7) is 2.91. The van der Waals surface area contributed by atoms with Gasteiger partial charge in [0.25, 0.3) is 5.91 Å². The highest BCUT2D eigenvalue weighted by atomic mass is 32.1. The van der Waals surface area contributed by atoms with Gasteiger partial charge in [0, 0.05) is 44.5 Å². The molecule has 0 unspecified atom stereocenters. The van der Waals surface area contributed by atoms with Gasteiger partial charge in [-0.2, -0.15) is 13.7 Å². The van der Waals surface area contributed by atoms with E-state index in [1.807, 2.05) is 32.0 Å². The summed E-state index contributed by atoms with van der Waals surface area (Å²) in [5, 5.41) is 5.99. The lowest BCUT2D eigenvalue weighted by molar-refractivity contribution is 0.0955. The Morgan fingerprint density at radius 2 is 1.92 bits per heavy atom. The monoisotopic (exact) mass is 357 g/mol. The second kappa shape index (κ2) is 7.39. The summed E-state index contributed by atoms with van der Waals surface area (Å²) in [4.78, 5) is 22.9. The van der Waals surface area contributed by atoms with E-state index in [2.05, 4.69) is 29.3 Å². The quantitative estimate of drug-likeness (QED) is 0.648. The maximum absolute atomic E-state index is 12.2. The largest absolute Gasteiger partial charge is 0.363 e. The van der Waals surface area contributed by atoms with Crippen molar-refractivity contribution in [1.82, 2.24) is 24.0 Å². The van der Waals surface area contributed by atoms with Crippen molar-refractivity contribution >= 4 is 40.4 Å². The maximum atomic E-state index is 12.2. The van der Waals surface area contributed by atoms with Crippen LogP contribution in [-0.4, -0.2) is 51.8 Å². The third-order valence-electron chi connectivity index (χ3n) is 3.51. The van der Waals surface area contributed by atoms with Crippen LogP contribution in [-0.2, 0) is 0 Å². The van der Waals surface area contributed by atoms with Gasteiger partial charge in [-0.25, -0.2) is 4.98 Å². The highest BCUT2D eigenvalue weighted by Gasteiger charge is 2.08. The average molecular weight is 357 g/mol. The highest BCUT2D eigenvalue weighted by molar-refractivity contribution is 7.00. The normalized spacial score (nSPS) is 10.7. The highest BCUT2D eigenvalue weighted by Crippen LogP contribution is 2.13. The number of nitrogens with zero attached hydrogens (tertiary/aromatic N) is 5. The molecule has 2 N–H and O–H groups in total. The number of rotatable bonds is 6. The summed E-state index contributed by atoms with van der Waals surface area (Å²) in [6.07, 6.45) is 0. The number of carbonyl (C=O) groups excluding carboxylic acids is 1. The van der Waals surface area contributed by atoms with Gasteiger partial charge < -0.3 is 15.5 Å². The van der Waals surface area contributed by atoms with Gasteiger partial charge in [-0.3, -0.25) is 4.79 Å². The Bertz CT molecular complexity index is 893. The number of amides is 1. The minimum Gasteiger partial charge on any atom is -0.363 e. The first-order valence-corrected chi connectivity index (χ1v) is 8.53. The summed E-state index contributed by atoms with van der Waals surface area (Å²) >= 11 is 1.14. The van der Waals surface area contributed by atoms with Crippen LogP contribution in [0.15, 0.2) is 24.3 Å². The van der Waals surface area contributed by atoms with Crippen LogP contribution in [0.25, 0.3) is 11.0 Å². The average Bonchev–Trinajstić information content (AvgIpc) is 3.05. The third-order valence-corrected chi connectivity index (χ3v) is 4.07. The molecule has 0 aliphatic carbocycles. The minimum absolute atomic E-state index is 0.143. The van der Waals surface area contributed by atoms with Crippen LogP contribution in [0.2, 0.25) is 0 Å². The second-order valence-electron chi connectivity index (χ2n) is 5.74. The van der Waals surface area contributed by atoms with E-state index in [-0.39, 0.29) is 5.91 Å². The summed E-state index contributed by atoms with van der Waals surface area (Å²) < 4.78 is 8.27. The first-order chi connectivity index (χ1) is 12.0. The second-order valence-corrected chi connectivity index (χ2v) is 6.26. The smallest absolute Gasteiger partial charge is 0.251 e. The van der Waals surface area contributed by atoms with Gasteiger partial charge in [0.15, 0.2) is 0 Å². The number of anilines is 2. The molecule has 0 radical (unpaired) electrons. The van der Waals surface area contributed by atoms with Crippen molar-refractivity contribution in [2.24, 2.45) is 0 Å². The van der Waals surface area contributed by atoms with Crippen molar-refractivity contribution in [3.63, 3.8) is 0 Å². The maximum Gasteiger partial charge on any atom is 0.251 e. The molecule has 0 spiro atoms. The molecule has 8 nitrogen and oxygen atoms in total. The summed E-state index contributed by atoms with van der Waals surface area (Å²) in [7, 11) is 3.86. The van der Waals surface area contributed by atoms with Crippen molar-refractivity contribution in [2.75, 3.05) is 37.4 Å². The fraction of sp³-hybridized carbons (Fsp3) is 0.312. The molecule has 0 saturated carbocycles. The van der Waals surface area contributed by atoms with Crippen LogP contribution in [0.4, 0.5) is 11.8 Å². The molecule has 2 heterocycles. The first kappa shape index (κ1) is 17.0. The molecule has 1 aromatic carbocycles. The SMILES string of the molecule is Cc1cc(N(C)C)nc(NCCNC(=O)c2ccc3nsnc3c2)n1. The standard InChI is InChI=1S/C16H19N7OS/c1-10-8-14(23(2)3)20-16(19-10)18-7-6-17-15(24)11-4-5-12-13(9-11)22-25-21-12/h4-5,8-9H,6-7H2,1-3H3,(H,17,24)(H,18,19,20). The topological polar surface area (TPSA) is 95.9 Å². The first-order valence-electron chi connectivity index (χ1n) is 7.80. The Hall–Kier alpha value is -2.81. The number of aryl methyl sites for hydroxylation is 1. The Balaban J connectivity index is 1.53. The number of benzene rings is 1. The van der Waals surface area contributed by atoms with Gasteiger partial charge in [-0.05, 0) is 25.1 Å². The fourth-order valence-corrected chi connectivity index (χ4v) is 2.75. The van der Waals surface area contributed by atoms with Gasteiger partial charge in [0.1, 0.15) is 16.9 Å². The number of hydrogen-bond acceptors (Lipinski definition) is 8. The van der Waals surface area contributed by atoms with E-state index in [0.29, 0.717) is 24.6 Å². The lowest BCUT2D eigenvalue weighted by Gasteiger charge is -2.14. The van der Waals surface area contributed by atoms with Crippen LogP contribution in [0.1, 0.15) is 16.1 Å². The Labute approximate surface area is 149 Å². The van der Waals surface area contributed by atoms with Gasteiger partial charge >= 0.3 is 0 Å². The molecule has 0 atom stereocenters. The van der Waals surface area contributed by atoms with E-state index in [0.717, 1.165) is 34.3 Å². The fourth-order valence-electron chi connectivity index (χ4n) is 2.24. The molecular weight excluding hydrogens is 338 g/mol. The van der Waals surface area contributed by atoms with Crippen LogP contribution >= 0.6 is 11.7 Å². The van der Waals surface area contributed by atoms with Crippen LogP contribution in [0, 0.1) is 6.92 Å². The van der Waals surface area contributed by atoms with Gasteiger partial charge in [-0.15, -0.1) is 0 Å². The molecule has 0 aliphatic heterocycles. The van der Waals surface area contributed by atoms with Crippen molar-refractivity contribution < 1.29 is 4.79 Å². The van der Waals surface area contributed by atoms with E-state index in [1.54, 1.807) is 18.2 Å². The summed E-state index contributed by atoms with van der Waals surface area (Å²) in [6, 6.07) is 7.21. The van der Waals surface area contributed by atoms with Crippen LogP contribution in [0.5, 0.6) is 0 Å². The molecule has 130 valence electrons. The molecule has 3 aromatic rings. The minimum atomic E-state index is -0.143. The number of nitrogens with one attached hydrogen (secondary N) is 2. The molecule has 0 saturated heterocycles. The number of carbonyl (C=O) groups is 1.